The lowest BCUT2D eigenvalue weighted by Gasteiger charge is -2.36. The molecule has 0 fully saturated rings. The van der Waals surface area contributed by atoms with Crippen LogP contribution in [0.25, 0.3) is 0 Å². The van der Waals surface area contributed by atoms with Crippen LogP contribution in [0.4, 0.5) is 0 Å². The summed E-state index contributed by atoms with van der Waals surface area (Å²) >= 11 is 0. The Morgan fingerprint density at radius 2 is 2.15 bits per heavy atom. The fourth-order valence-corrected chi connectivity index (χ4v) is 3.13. The third-order valence-corrected chi connectivity index (χ3v) is 4.11. The number of hydrogen-bond donors (Lipinski definition) is 1. The molecule has 1 aromatic rings. The van der Waals surface area contributed by atoms with Gasteiger partial charge >= 0.3 is 0 Å². The van der Waals surface area contributed by atoms with E-state index in [9.17, 15) is 0 Å². The molecule has 0 heterocycles. The highest BCUT2D eigenvalue weighted by molar-refractivity contribution is 5.32. The minimum absolute atomic E-state index is 0.263. The Hall–Kier alpha value is -0.900. The van der Waals surface area contributed by atoms with Crippen molar-refractivity contribution < 1.29 is 9.84 Å². The first-order valence-corrected chi connectivity index (χ1v) is 7.87. The molecule has 0 aliphatic heterocycles. The normalized spacial score (nSPS) is 18.2. The summed E-state index contributed by atoms with van der Waals surface area (Å²) in [5.41, 5.74) is 2.97. The van der Waals surface area contributed by atoms with Crippen LogP contribution in [0.15, 0.2) is 24.3 Å². The molecule has 1 atom stereocenters. The molecule has 1 aliphatic rings. The van der Waals surface area contributed by atoms with E-state index in [0.29, 0.717) is 6.04 Å². The summed E-state index contributed by atoms with van der Waals surface area (Å²) in [6, 6.07) is 9.30. The number of benzene rings is 1. The number of aryl methyl sites for hydroxylation is 1. The predicted octanol–water partition coefficient (Wildman–Crippen LogP) is 2.78. The average Bonchev–Trinajstić information content (AvgIpc) is 2.50. The molecular weight excluding hydrogens is 250 g/mol. The minimum Gasteiger partial charge on any atom is -0.396 e. The molecule has 3 heteroatoms. The fraction of sp³-hybridized carbons (Fsp3) is 0.647. The second-order valence-corrected chi connectivity index (χ2v) is 5.42. The van der Waals surface area contributed by atoms with Crippen molar-refractivity contribution in [1.29, 1.82) is 0 Å². The Kier molecular flexibility index (Phi) is 6.51. The first kappa shape index (κ1) is 15.5. The molecule has 3 nitrogen and oxygen atoms in total. The van der Waals surface area contributed by atoms with Gasteiger partial charge in [0, 0.05) is 32.3 Å². The minimum atomic E-state index is 0.263. The highest BCUT2D eigenvalue weighted by Gasteiger charge is 2.25. The van der Waals surface area contributed by atoms with E-state index in [4.69, 9.17) is 9.84 Å². The quantitative estimate of drug-likeness (QED) is 0.742. The van der Waals surface area contributed by atoms with Crippen molar-refractivity contribution in [3.63, 3.8) is 0 Å². The number of fused-ring (bicyclic) bond motifs is 1. The van der Waals surface area contributed by atoms with Gasteiger partial charge in [-0.25, -0.2) is 0 Å². The van der Waals surface area contributed by atoms with Crippen LogP contribution < -0.4 is 0 Å². The van der Waals surface area contributed by atoms with Crippen LogP contribution in [-0.4, -0.2) is 42.9 Å². The van der Waals surface area contributed by atoms with Crippen molar-refractivity contribution in [2.24, 2.45) is 0 Å². The lowest BCUT2D eigenvalue weighted by molar-refractivity contribution is 0.0841. The topological polar surface area (TPSA) is 32.7 Å². The van der Waals surface area contributed by atoms with Gasteiger partial charge in [-0.05, 0) is 43.7 Å². The van der Waals surface area contributed by atoms with Crippen LogP contribution in [0.1, 0.15) is 43.4 Å². The number of ether oxygens (including phenoxy) is 1. The highest BCUT2D eigenvalue weighted by Crippen LogP contribution is 2.34. The molecule has 1 N–H and O–H groups in total. The van der Waals surface area contributed by atoms with Gasteiger partial charge in [0.2, 0.25) is 0 Å². The zero-order chi connectivity index (χ0) is 14.2. The Bertz CT molecular complexity index is 394. The molecule has 0 radical (unpaired) electrons. The van der Waals surface area contributed by atoms with Gasteiger partial charge in [-0.1, -0.05) is 24.3 Å². The van der Waals surface area contributed by atoms with Crippen molar-refractivity contribution in [3.8, 4) is 0 Å². The summed E-state index contributed by atoms with van der Waals surface area (Å²) in [5.74, 6) is 0. The Morgan fingerprint density at radius 3 is 2.95 bits per heavy atom. The summed E-state index contributed by atoms with van der Waals surface area (Å²) < 4.78 is 5.52. The lowest BCUT2D eigenvalue weighted by atomic mass is 9.86. The van der Waals surface area contributed by atoms with E-state index in [2.05, 4.69) is 29.2 Å². The van der Waals surface area contributed by atoms with Crippen LogP contribution >= 0.6 is 0 Å². The third-order valence-electron chi connectivity index (χ3n) is 4.11. The maximum atomic E-state index is 9.12. The standard InChI is InChI=1S/C17H27NO2/c1-2-20-14-12-18(11-6-13-19)17-10-5-8-15-7-3-4-9-16(15)17/h3-4,7,9,17,19H,2,5-6,8,10-14H2,1H3. The molecule has 0 saturated heterocycles. The van der Waals surface area contributed by atoms with Gasteiger partial charge in [0.25, 0.3) is 0 Å². The van der Waals surface area contributed by atoms with Crippen LogP contribution in [0, 0.1) is 0 Å². The SMILES string of the molecule is CCOCCN(CCCO)C1CCCc2ccccc21. The molecule has 20 heavy (non-hydrogen) atoms. The lowest BCUT2D eigenvalue weighted by Crippen LogP contribution is -2.35. The van der Waals surface area contributed by atoms with Crippen molar-refractivity contribution in [2.75, 3.05) is 32.9 Å². The molecule has 112 valence electrons. The van der Waals surface area contributed by atoms with Gasteiger partial charge in [0.1, 0.15) is 0 Å². The van der Waals surface area contributed by atoms with Crippen molar-refractivity contribution in [1.82, 2.24) is 4.90 Å². The molecule has 1 unspecified atom stereocenters. The molecular formula is C17H27NO2. The van der Waals surface area contributed by atoms with Crippen LogP contribution in [0.2, 0.25) is 0 Å². The number of aliphatic hydroxyl groups is 1. The molecule has 0 amide bonds. The monoisotopic (exact) mass is 277 g/mol. The first-order valence-electron chi connectivity index (χ1n) is 7.87. The highest BCUT2D eigenvalue weighted by atomic mass is 16.5. The fourth-order valence-electron chi connectivity index (χ4n) is 3.13. The average molecular weight is 277 g/mol. The van der Waals surface area contributed by atoms with Crippen LogP contribution in [0.5, 0.6) is 0 Å². The zero-order valence-corrected chi connectivity index (χ0v) is 12.6. The van der Waals surface area contributed by atoms with Crippen LogP contribution in [-0.2, 0) is 11.2 Å². The van der Waals surface area contributed by atoms with E-state index in [1.165, 1.54) is 30.4 Å². The van der Waals surface area contributed by atoms with E-state index < -0.39 is 0 Å². The predicted molar refractivity (Wildman–Crippen MR) is 81.9 cm³/mol. The van der Waals surface area contributed by atoms with E-state index in [1.807, 2.05) is 6.92 Å². The van der Waals surface area contributed by atoms with Crippen molar-refractivity contribution >= 4 is 0 Å². The summed E-state index contributed by atoms with van der Waals surface area (Å²) in [6.07, 6.45) is 4.51. The molecule has 1 aliphatic carbocycles. The summed E-state index contributed by atoms with van der Waals surface area (Å²) in [7, 11) is 0. The van der Waals surface area contributed by atoms with E-state index in [1.54, 1.807) is 0 Å². The molecule has 0 saturated carbocycles. The van der Waals surface area contributed by atoms with Gasteiger partial charge in [-0.2, -0.15) is 0 Å². The van der Waals surface area contributed by atoms with Gasteiger partial charge in [-0.3, -0.25) is 4.90 Å². The Labute approximate surface area is 122 Å². The third kappa shape index (κ3) is 4.05. The van der Waals surface area contributed by atoms with E-state index >= 15 is 0 Å². The maximum Gasteiger partial charge on any atom is 0.0593 e. The number of nitrogens with zero attached hydrogens (tertiary/aromatic N) is 1. The second-order valence-electron chi connectivity index (χ2n) is 5.42. The Balaban J connectivity index is 2.07. The van der Waals surface area contributed by atoms with Crippen LogP contribution in [0.3, 0.4) is 0 Å². The van der Waals surface area contributed by atoms with E-state index in [0.717, 1.165) is 32.7 Å². The summed E-state index contributed by atoms with van der Waals surface area (Å²) in [6.45, 7) is 5.75. The zero-order valence-electron chi connectivity index (χ0n) is 12.6. The molecule has 1 aromatic carbocycles. The smallest absolute Gasteiger partial charge is 0.0593 e. The number of hydrogen-bond acceptors (Lipinski definition) is 3. The van der Waals surface area contributed by atoms with Gasteiger partial charge in [-0.15, -0.1) is 0 Å². The maximum absolute atomic E-state index is 9.12. The van der Waals surface area contributed by atoms with Crippen molar-refractivity contribution in [2.45, 2.75) is 38.6 Å². The van der Waals surface area contributed by atoms with Gasteiger partial charge < -0.3 is 9.84 Å². The summed E-state index contributed by atoms with van der Waals surface area (Å²) in [5, 5.41) is 9.12. The molecule has 2 rings (SSSR count). The van der Waals surface area contributed by atoms with E-state index in [-0.39, 0.29) is 6.61 Å². The Morgan fingerprint density at radius 1 is 1.30 bits per heavy atom. The van der Waals surface area contributed by atoms with Gasteiger partial charge in [0.05, 0.1) is 6.61 Å². The molecule has 0 bridgehead atoms. The number of aliphatic hydroxyl groups excluding tert-OH is 1. The van der Waals surface area contributed by atoms with Crippen molar-refractivity contribution in [3.05, 3.63) is 35.4 Å². The number of rotatable bonds is 8. The van der Waals surface area contributed by atoms with Gasteiger partial charge in [0.15, 0.2) is 0 Å². The molecule has 0 aromatic heterocycles. The second kappa shape index (κ2) is 8.40. The molecule has 0 spiro atoms. The largest absolute Gasteiger partial charge is 0.396 e. The first-order chi connectivity index (χ1) is 9.86. The summed E-state index contributed by atoms with van der Waals surface area (Å²) in [4.78, 5) is 2.49.